The van der Waals surface area contributed by atoms with Crippen LogP contribution in [0.4, 0.5) is 11.4 Å². The van der Waals surface area contributed by atoms with Gasteiger partial charge in [-0.1, -0.05) is 25.1 Å². The zero-order valence-electron chi connectivity index (χ0n) is 10.9. The number of rotatable bonds is 1. The van der Waals surface area contributed by atoms with Crippen molar-refractivity contribution in [2.45, 2.75) is 13.3 Å². The van der Waals surface area contributed by atoms with Crippen molar-refractivity contribution in [1.82, 2.24) is 4.98 Å². The topological polar surface area (TPSA) is 39.9 Å². The summed E-state index contributed by atoms with van der Waals surface area (Å²) in [7, 11) is 0. The number of hydrogen-bond donors (Lipinski definition) is 0. The van der Waals surface area contributed by atoms with Crippen LogP contribution in [0.5, 0.6) is 0 Å². The average molecular weight is 249 g/mol. The van der Waals surface area contributed by atoms with Gasteiger partial charge in [-0.2, -0.15) is 5.26 Å². The van der Waals surface area contributed by atoms with E-state index in [0.29, 0.717) is 11.6 Å². The Morgan fingerprint density at radius 3 is 3.00 bits per heavy atom. The second-order valence-electron chi connectivity index (χ2n) is 5.06. The summed E-state index contributed by atoms with van der Waals surface area (Å²) in [5.41, 5.74) is 4.13. The molecule has 0 amide bonds. The molecule has 3 nitrogen and oxygen atoms in total. The number of hydrogen-bond acceptors (Lipinski definition) is 3. The van der Waals surface area contributed by atoms with Crippen molar-refractivity contribution in [3.8, 4) is 6.07 Å². The van der Waals surface area contributed by atoms with Crippen molar-refractivity contribution < 1.29 is 0 Å². The minimum atomic E-state index is 0.466. The number of para-hydroxylation sites is 1. The van der Waals surface area contributed by atoms with Crippen LogP contribution in [-0.4, -0.2) is 11.5 Å². The van der Waals surface area contributed by atoms with Gasteiger partial charge in [0, 0.05) is 24.1 Å². The maximum absolute atomic E-state index is 8.98. The molecule has 3 rings (SSSR count). The van der Waals surface area contributed by atoms with E-state index in [1.165, 1.54) is 11.3 Å². The van der Waals surface area contributed by atoms with Gasteiger partial charge in [0.15, 0.2) is 0 Å². The minimum absolute atomic E-state index is 0.466. The number of pyridine rings is 1. The Balaban J connectivity index is 2.07. The lowest BCUT2D eigenvalue weighted by Crippen LogP contribution is -2.30. The summed E-state index contributed by atoms with van der Waals surface area (Å²) in [5, 5.41) is 8.98. The van der Waals surface area contributed by atoms with Gasteiger partial charge in [0.2, 0.25) is 0 Å². The van der Waals surface area contributed by atoms with E-state index in [1.807, 2.05) is 12.1 Å². The number of benzene rings is 1. The van der Waals surface area contributed by atoms with E-state index in [4.69, 9.17) is 5.26 Å². The Morgan fingerprint density at radius 1 is 1.32 bits per heavy atom. The van der Waals surface area contributed by atoms with Gasteiger partial charge in [0.1, 0.15) is 11.8 Å². The molecular weight excluding hydrogens is 234 g/mol. The Labute approximate surface area is 113 Å². The van der Waals surface area contributed by atoms with Gasteiger partial charge in [-0.15, -0.1) is 0 Å². The second kappa shape index (κ2) is 4.74. The molecule has 1 aliphatic rings. The lowest BCUT2D eigenvalue weighted by molar-refractivity contribution is 0.562. The predicted molar refractivity (Wildman–Crippen MR) is 75.3 cm³/mol. The van der Waals surface area contributed by atoms with E-state index < -0.39 is 0 Å². The van der Waals surface area contributed by atoms with E-state index >= 15 is 0 Å². The fourth-order valence-corrected chi connectivity index (χ4v) is 2.69. The number of nitriles is 1. The third kappa shape index (κ3) is 2.17. The molecule has 1 aliphatic heterocycles. The highest BCUT2D eigenvalue weighted by Crippen LogP contribution is 2.35. The summed E-state index contributed by atoms with van der Waals surface area (Å²) in [5.74, 6) is 0.605. The highest BCUT2D eigenvalue weighted by molar-refractivity contribution is 5.68. The molecule has 2 heterocycles. The van der Waals surface area contributed by atoms with Gasteiger partial charge in [0.05, 0.1) is 0 Å². The Bertz CT molecular complexity index is 642. The molecule has 1 atom stereocenters. The van der Waals surface area contributed by atoms with Gasteiger partial charge < -0.3 is 4.90 Å². The molecular formula is C16H15N3. The SMILES string of the molecule is CC1Cc2ccccc2N(c2ccnc(C#N)c2)C1. The van der Waals surface area contributed by atoms with Crippen LogP contribution in [-0.2, 0) is 6.42 Å². The Morgan fingerprint density at radius 2 is 2.16 bits per heavy atom. The molecule has 2 aromatic rings. The fourth-order valence-electron chi connectivity index (χ4n) is 2.69. The van der Waals surface area contributed by atoms with Crippen LogP contribution in [0.25, 0.3) is 0 Å². The van der Waals surface area contributed by atoms with Crippen LogP contribution in [0, 0.1) is 17.2 Å². The molecule has 1 aromatic heterocycles. The van der Waals surface area contributed by atoms with Crippen molar-refractivity contribution >= 4 is 11.4 Å². The molecule has 3 heteroatoms. The van der Waals surface area contributed by atoms with E-state index in [-0.39, 0.29) is 0 Å². The second-order valence-corrected chi connectivity index (χ2v) is 5.06. The number of fused-ring (bicyclic) bond motifs is 1. The molecule has 0 saturated heterocycles. The van der Waals surface area contributed by atoms with E-state index in [0.717, 1.165) is 18.7 Å². The van der Waals surface area contributed by atoms with Crippen LogP contribution >= 0.6 is 0 Å². The van der Waals surface area contributed by atoms with Crippen molar-refractivity contribution in [3.63, 3.8) is 0 Å². The maximum atomic E-state index is 8.98. The van der Waals surface area contributed by atoms with E-state index in [2.05, 4.69) is 47.1 Å². The first-order chi connectivity index (χ1) is 9.28. The average Bonchev–Trinajstić information content (AvgIpc) is 2.46. The molecule has 0 bridgehead atoms. The van der Waals surface area contributed by atoms with E-state index in [1.54, 1.807) is 6.20 Å². The van der Waals surface area contributed by atoms with Crippen molar-refractivity contribution in [2.24, 2.45) is 5.92 Å². The fraction of sp³-hybridized carbons (Fsp3) is 0.250. The molecule has 0 radical (unpaired) electrons. The first-order valence-electron chi connectivity index (χ1n) is 6.49. The van der Waals surface area contributed by atoms with Crippen LogP contribution in [0.3, 0.4) is 0 Å². The smallest absolute Gasteiger partial charge is 0.142 e. The largest absolute Gasteiger partial charge is 0.341 e. The minimum Gasteiger partial charge on any atom is -0.341 e. The Hall–Kier alpha value is -2.34. The molecule has 1 unspecified atom stereocenters. The number of anilines is 2. The summed E-state index contributed by atoms with van der Waals surface area (Å²) < 4.78 is 0. The quantitative estimate of drug-likeness (QED) is 0.778. The van der Waals surface area contributed by atoms with Gasteiger partial charge >= 0.3 is 0 Å². The van der Waals surface area contributed by atoms with Crippen molar-refractivity contribution in [3.05, 3.63) is 53.9 Å². The number of aromatic nitrogens is 1. The van der Waals surface area contributed by atoms with Crippen molar-refractivity contribution in [1.29, 1.82) is 5.26 Å². The van der Waals surface area contributed by atoms with E-state index in [9.17, 15) is 0 Å². The van der Waals surface area contributed by atoms with Gasteiger partial charge in [-0.05, 0) is 36.1 Å². The molecule has 1 aromatic carbocycles. The van der Waals surface area contributed by atoms with Crippen molar-refractivity contribution in [2.75, 3.05) is 11.4 Å². The molecule has 19 heavy (non-hydrogen) atoms. The third-order valence-electron chi connectivity index (χ3n) is 3.51. The van der Waals surface area contributed by atoms with Crippen LogP contribution in [0.15, 0.2) is 42.6 Å². The summed E-state index contributed by atoms with van der Waals surface area (Å²) >= 11 is 0. The molecule has 0 N–H and O–H groups in total. The molecule has 94 valence electrons. The zero-order chi connectivity index (χ0) is 13.2. The summed E-state index contributed by atoms with van der Waals surface area (Å²) in [6, 6.07) is 14.4. The third-order valence-corrected chi connectivity index (χ3v) is 3.51. The monoisotopic (exact) mass is 249 g/mol. The first kappa shape index (κ1) is 11.7. The number of nitrogens with zero attached hydrogens (tertiary/aromatic N) is 3. The summed E-state index contributed by atoms with van der Waals surface area (Å²) in [6.07, 6.45) is 2.82. The lowest BCUT2D eigenvalue weighted by atomic mass is 9.93. The lowest BCUT2D eigenvalue weighted by Gasteiger charge is -2.34. The zero-order valence-corrected chi connectivity index (χ0v) is 10.9. The van der Waals surface area contributed by atoms with Crippen LogP contribution < -0.4 is 4.90 Å². The highest BCUT2D eigenvalue weighted by atomic mass is 15.1. The van der Waals surface area contributed by atoms with Crippen LogP contribution in [0.1, 0.15) is 18.2 Å². The van der Waals surface area contributed by atoms with Crippen LogP contribution in [0.2, 0.25) is 0 Å². The molecule has 0 fully saturated rings. The highest BCUT2D eigenvalue weighted by Gasteiger charge is 2.22. The van der Waals surface area contributed by atoms with Gasteiger partial charge in [-0.25, -0.2) is 4.98 Å². The summed E-state index contributed by atoms with van der Waals surface area (Å²) in [6.45, 7) is 3.24. The Kier molecular flexibility index (Phi) is 2.92. The molecule has 0 saturated carbocycles. The maximum Gasteiger partial charge on any atom is 0.142 e. The van der Waals surface area contributed by atoms with Gasteiger partial charge in [-0.3, -0.25) is 0 Å². The predicted octanol–water partition coefficient (Wildman–Crippen LogP) is 3.28. The summed E-state index contributed by atoms with van der Waals surface area (Å²) in [4.78, 5) is 6.32. The van der Waals surface area contributed by atoms with Gasteiger partial charge in [0.25, 0.3) is 0 Å². The standard InChI is InChI=1S/C16H15N3/c1-12-8-13-4-2-3-5-16(13)19(11-12)15-6-7-18-14(9-15)10-17/h2-7,9,12H,8,11H2,1H3. The molecule has 0 aliphatic carbocycles. The first-order valence-corrected chi connectivity index (χ1v) is 6.49. The normalized spacial score (nSPS) is 17.7. The molecule has 0 spiro atoms.